The molecule has 1 aromatic heterocycles. The van der Waals surface area contributed by atoms with Crippen LogP contribution < -0.4 is 15.1 Å². The first kappa shape index (κ1) is 20.1. The van der Waals surface area contributed by atoms with Crippen molar-refractivity contribution in [1.29, 1.82) is 0 Å². The summed E-state index contributed by atoms with van der Waals surface area (Å²) in [6.07, 6.45) is 4.34. The molecule has 0 radical (unpaired) electrons. The van der Waals surface area contributed by atoms with Crippen molar-refractivity contribution in [2.24, 2.45) is 0 Å². The summed E-state index contributed by atoms with van der Waals surface area (Å²) >= 11 is 6.56. The van der Waals surface area contributed by atoms with Gasteiger partial charge in [0.05, 0.1) is 29.6 Å². The standard InChI is InChI=1S/C24H26ClN5O/c25-21-17-19(5-8-23(21)30-13-15-31-16-14-30)27-24-26-10-9-22(28-24)18-3-6-20(7-4-18)29-11-1-2-12-29/h3-10,17H,1-2,11-16H2,(H,26,27,28). The molecule has 0 spiro atoms. The van der Waals surface area contributed by atoms with Crippen molar-refractivity contribution in [2.75, 3.05) is 54.5 Å². The maximum absolute atomic E-state index is 6.56. The topological polar surface area (TPSA) is 53.5 Å². The summed E-state index contributed by atoms with van der Waals surface area (Å²) in [5.74, 6) is 0.552. The second kappa shape index (κ2) is 9.12. The van der Waals surface area contributed by atoms with Gasteiger partial charge in [-0.25, -0.2) is 9.97 Å². The van der Waals surface area contributed by atoms with Gasteiger partial charge in [-0.3, -0.25) is 0 Å². The minimum atomic E-state index is 0.552. The number of aromatic nitrogens is 2. The molecule has 0 saturated carbocycles. The second-order valence-electron chi connectivity index (χ2n) is 7.90. The highest BCUT2D eigenvalue weighted by Crippen LogP contribution is 2.31. The highest BCUT2D eigenvalue weighted by Gasteiger charge is 2.15. The van der Waals surface area contributed by atoms with E-state index in [1.54, 1.807) is 6.20 Å². The molecule has 7 heteroatoms. The van der Waals surface area contributed by atoms with Crippen molar-refractivity contribution < 1.29 is 4.74 Å². The summed E-state index contributed by atoms with van der Waals surface area (Å²) in [6, 6.07) is 16.5. The molecule has 5 rings (SSSR count). The molecule has 160 valence electrons. The van der Waals surface area contributed by atoms with Crippen LogP contribution in [0.5, 0.6) is 0 Å². The van der Waals surface area contributed by atoms with E-state index in [1.165, 1.54) is 18.5 Å². The predicted octanol–water partition coefficient (Wildman–Crippen LogP) is 4.98. The average Bonchev–Trinajstić information content (AvgIpc) is 3.35. The van der Waals surface area contributed by atoms with E-state index in [2.05, 4.69) is 44.4 Å². The molecule has 0 amide bonds. The van der Waals surface area contributed by atoms with Crippen molar-refractivity contribution in [1.82, 2.24) is 9.97 Å². The van der Waals surface area contributed by atoms with Crippen LogP contribution in [0.1, 0.15) is 12.8 Å². The van der Waals surface area contributed by atoms with Crippen molar-refractivity contribution in [3.8, 4) is 11.3 Å². The van der Waals surface area contributed by atoms with Crippen molar-refractivity contribution >= 4 is 34.6 Å². The lowest BCUT2D eigenvalue weighted by atomic mass is 10.1. The summed E-state index contributed by atoms with van der Waals surface area (Å²) in [5, 5.41) is 3.99. The number of hydrogen-bond donors (Lipinski definition) is 1. The number of halogens is 1. The summed E-state index contributed by atoms with van der Waals surface area (Å²) in [5.41, 5.74) is 5.14. The minimum Gasteiger partial charge on any atom is -0.378 e. The zero-order valence-electron chi connectivity index (χ0n) is 17.4. The van der Waals surface area contributed by atoms with Gasteiger partial charge in [-0.15, -0.1) is 0 Å². The van der Waals surface area contributed by atoms with Gasteiger partial charge in [-0.2, -0.15) is 0 Å². The Morgan fingerprint density at radius 1 is 0.871 bits per heavy atom. The van der Waals surface area contributed by atoms with Crippen molar-refractivity contribution in [3.05, 3.63) is 59.8 Å². The quantitative estimate of drug-likeness (QED) is 0.610. The Morgan fingerprint density at radius 2 is 1.65 bits per heavy atom. The number of nitrogens with one attached hydrogen (secondary N) is 1. The Labute approximate surface area is 187 Å². The lowest BCUT2D eigenvalue weighted by Gasteiger charge is -2.29. The molecule has 0 atom stereocenters. The van der Waals surface area contributed by atoms with Crippen LogP contribution in [0.3, 0.4) is 0 Å². The first-order chi connectivity index (χ1) is 15.3. The number of morpholine rings is 1. The second-order valence-corrected chi connectivity index (χ2v) is 8.30. The maximum Gasteiger partial charge on any atom is 0.227 e. The lowest BCUT2D eigenvalue weighted by Crippen LogP contribution is -2.36. The highest BCUT2D eigenvalue weighted by molar-refractivity contribution is 6.33. The van der Waals surface area contributed by atoms with E-state index in [4.69, 9.17) is 21.3 Å². The molecular formula is C24H26ClN5O. The molecule has 0 bridgehead atoms. The van der Waals surface area contributed by atoms with Gasteiger partial charge in [-0.05, 0) is 49.2 Å². The first-order valence-electron chi connectivity index (χ1n) is 10.8. The Bertz CT molecular complexity index is 1030. The van der Waals surface area contributed by atoms with Gasteiger partial charge in [0.15, 0.2) is 0 Å². The molecule has 0 aliphatic carbocycles. The Kier molecular flexibility index (Phi) is 5.91. The minimum absolute atomic E-state index is 0.552. The molecule has 2 aliphatic rings. The lowest BCUT2D eigenvalue weighted by molar-refractivity contribution is 0.122. The van der Waals surface area contributed by atoms with Crippen LogP contribution in [0.25, 0.3) is 11.3 Å². The number of benzene rings is 2. The van der Waals surface area contributed by atoms with E-state index in [1.807, 2.05) is 24.3 Å². The molecule has 3 heterocycles. The third-order valence-corrected chi connectivity index (χ3v) is 6.15. The smallest absolute Gasteiger partial charge is 0.227 e. The molecule has 6 nitrogen and oxygen atoms in total. The number of hydrogen-bond acceptors (Lipinski definition) is 6. The van der Waals surface area contributed by atoms with Crippen molar-refractivity contribution in [3.63, 3.8) is 0 Å². The molecule has 31 heavy (non-hydrogen) atoms. The van der Waals surface area contributed by atoms with Gasteiger partial charge in [0, 0.05) is 49.3 Å². The van der Waals surface area contributed by atoms with Gasteiger partial charge in [-0.1, -0.05) is 23.7 Å². The van der Waals surface area contributed by atoms with Crippen LogP contribution in [0.2, 0.25) is 5.02 Å². The monoisotopic (exact) mass is 435 g/mol. The largest absolute Gasteiger partial charge is 0.378 e. The van der Waals surface area contributed by atoms with E-state index in [-0.39, 0.29) is 0 Å². The molecule has 2 aromatic carbocycles. The average molecular weight is 436 g/mol. The number of anilines is 4. The molecule has 2 fully saturated rings. The fourth-order valence-corrected chi connectivity index (χ4v) is 4.47. The van der Waals surface area contributed by atoms with Gasteiger partial charge >= 0.3 is 0 Å². The van der Waals surface area contributed by atoms with Gasteiger partial charge in [0.1, 0.15) is 0 Å². The third kappa shape index (κ3) is 4.60. The normalized spacial score (nSPS) is 16.5. The summed E-state index contributed by atoms with van der Waals surface area (Å²) < 4.78 is 5.43. The number of nitrogens with zero attached hydrogens (tertiary/aromatic N) is 4. The summed E-state index contributed by atoms with van der Waals surface area (Å²) in [7, 11) is 0. The predicted molar refractivity (Wildman–Crippen MR) is 127 cm³/mol. The van der Waals surface area contributed by atoms with Gasteiger partial charge in [0.2, 0.25) is 5.95 Å². The number of ether oxygens (including phenoxy) is 1. The maximum atomic E-state index is 6.56. The van der Waals surface area contributed by atoms with Crippen LogP contribution in [0.4, 0.5) is 23.0 Å². The molecular weight excluding hydrogens is 410 g/mol. The van der Waals surface area contributed by atoms with Crippen LogP contribution in [-0.4, -0.2) is 49.4 Å². The highest BCUT2D eigenvalue weighted by atomic mass is 35.5. The van der Waals surface area contributed by atoms with Crippen LogP contribution in [0, 0.1) is 0 Å². The van der Waals surface area contributed by atoms with Gasteiger partial charge in [0.25, 0.3) is 0 Å². The molecule has 1 N–H and O–H groups in total. The SMILES string of the molecule is Clc1cc(Nc2nccc(-c3ccc(N4CCCC4)cc3)n2)ccc1N1CCOCC1. The Balaban J connectivity index is 1.30. The van der Waals surface area contributed by atoms with E-state index in [0.717, 1.165) is 62.0 Å². The molecule has 0 unspecified atom stereocenters. The Morgan fingerprint density at radius 3 is 2.39 bits per heavy atom. The van der Waals surface area contributed by atoms with Crippen LogP contribution in [-0.2, 0) is 4.74 Å². The molecule has 3 aromatic rings. The first-order valence-corrected chi connectivity index (χ1v) is 11.2. The molecule has 2 aliphatic heterocycles. The number of rotatable bonds is 5. The van der Waals surface area contributed by atoms with E-state index in [0.29, 0.717) is 11.0 Å². The zero-order valence-corrected chi connectivity index (χ0v) is 18.2. The summed E-state index contributed by atoms with van der Waals surface area (Å²) in [6.45, 7) is 5.47. The van der Waals surface area contributed by atoms with E-state index >= 15 is 0 Å². The summed E-state index contributed by atoms with van der Waals surface area (Å²) in [4.78, 5) is 13.8. The van der Waals surface area contributed by atoms with E-state index in [9.17, 15) is 0 Å². The fraction of sp³-hybridized carbons (Fsp3) is 0.333. The van der Waals surface area contributed by atoms with Crippen LogP contribution >= 0.6 is 11.6 Å². The molecule has 2 saturated heterocycles. The zero-order chi connectivity index (χ0) is 21.0. The van der Waals surface area contributed by atoms with Gasteiger partial charge < -0.3 is 19.9 Å². The van der Waals surface area contributed by atoms with Crippen LogP contribution in [0.15, 0.2) is 54.7 Å². The van der Waals surface area contributed by atoms with E-state index < -0.39 is 0 Å². The fourth-order valence-electron chi connectivity index (χ4n) is 4.17. The Hall–Kier alpha value is -2.83. The van der Waals surface area contributed by atoms with Crippen molar-refractivity contribution in [2.45, 2.75) is 12.8 Å². The third-order valence-electron chi connectivity index (χ3n) is 5.85.